The minimum Gasteiger partial charge on any atom is -0.493 e. The lowest BCUT2D eigenvalue weighted by molar-refractivity contribution is -0.114. The van der Waals surface area contributed by atoms with Crippen molar-refractivity contribution < 1.29 is 32.2 Å². The number of nitrogens with zero attached hydrogens (tertiary/aromatic N) is 1. The molecule has 0 aliphatic rings. The Hall–Kier alpha value is -3.76. The van der Waals surface area contributed by atoms with Gasteiger partial charge < -0.3 is 19.5 Å². The molecule has 0 aromatic heterocycles. The zero-order chi connectivity index (χ0) is 25.6. The molecule has 0 fully saturated rings. The number of benzene rings is 3. The second-order valence-corrected chi connectivity index (χ2v) is 9.39. The van der Waals surface area contributed by atoms with Crippen LogP contribution in [-0.4, -0.2) is 48.2 Å². The number of rotatable bonds is 9. The standard InChI is InChI=1S/C24H23ClN2O7S/c1-32-21-13-19(24(29)34-3)20(14-22(21)33-2)26-23(28)15-27(17-7-5-4-6-8-17)35(30,31)18-11-9-16(25)10-12-18/h4-14H,15H2,1-3H3,(H,26,28). The maximum Gasteiger partial charge on any atom is 0.340 e. The second kappa shape index (κ2) is 11.1. The van der Waals surface area contributed by atoms with Crippen LogP contribution in [0.1, 0.15) is 10.4 Å². The smallest absolute Gasteiger partial charge is 0.340 e. The van der Waals surface area contributed by atoms with Crippen molar-refractivity contribution in [3.05, 3.63) is 77.3 Å². The number of hydrogen-bond donors (Lipinski definition) is 1. The molecule has 0 bridgehead atoms. The highest BCUT2D eigenvalue weighted by atomic mass is 35.5. The molecule has 0 radical (unpaired) electrons. The van der Waals surface area contributed by atoms with Gasteiger partial charge >= 0.3 is 5.97 Å². The van der Waals surface area contributed by atoms with Crippen LogP contribution < -0.4 is 19.1 Å². The third-order valence-corrected chi connectivity index (χ3v) is 6.98. The van der Waals surface area contributed by atoms with Crippen LogP contribution in [0.4, 0.5) is 11.4 Å². The normalized spacial score (nSPS) is 10.9. The average molecular weight is 519 g/mol. The van der Waals surface area contributed by atoms with Crippen molar-refractivity contribution in [1.82, 2.24) is 0 Å². The van der Waals surface area contributed by atoms with Gasteiger partial charge in [0.2, 0.25) is 5.91 Å². The molecule has 0 saturated heterocycles. The third-order valence-electron chi connectivity index (χ3n) is 4.94. The molecular weight excluding hydrogens is 496 g/mol. The monoisotopic (exact) mass is 518 g/mol. The van der Waals surface area contributed by atoms with Gasteiger partial charge in [0.05, 0.1) is 43.2 Å². The van der Waals surface area contributed by atoms with Crippen molar-refractivity contribution in [2.75, 3.05) is 37.5 Å². The number of hydrogen-bond acceptors (Lipinski definition) is 7. The maximum atomic E-state index is 13.4. The highest BCUT2D eigenvalue weighted by Gasteiger charge is 2.28. The molecule has 1 N–H and O–H groups in total. The summed E-state index contributed by atoms with van der Waals surface area (Å²) in [6.45, 7) is -0.579. The van der Waals surface area contributed by atoms with Gasteiger partial charge in [-0.1, -0.05) is 29.8 Å². The van der Waals surface area contributed by atoms with Gasteiger partial charge in [-0.25, -0.2) is 13.2 Å². The average Bonchev–Trinajstić information content (AvgIpc) is 2.87. The Morgan fingerprint density at radius 1 is 0.914 bits per heavy atom. The summed E-state index contributed by atoms with van der Waals surface area (Å²) in [5.41, 5.74) is 0.347. The molecular formula is C24H23ClN2O7S. The highest BCUT2D eigenvalue weighted by molar-refractivity contribution is 7.92. The van der Waals surface area contributed by atoms with Crippen LogP contribution in [0.2, 0.25) is 5.02 Å². The lowest BCUT2D eigenvalue weighted by Gasteiger charge is -2.24. The number of anilines is 2. The number of amides is 1. The number of esters is 1. The molecule has 11 heteroatoms. The van der Waals surface area contributed by atoms with E-state index in [0.29, 0.717) is 5.02 Å². The van der Waals surface area contributed by atoms with Gasteiger partial charge in [-0.3, -0.25) is 9.10 Å². The fourth-order valence-electron chi connectivity index (χ4n) is 3.22. The molecule has 0 heterocycles. The molecule has 184 valence electrons. The first-order valence-corrected chi connectivity index (χ1v) is 12.0. The van der Waals surface area contributed by atoms with E-state index < -0.39 is 28.4 Å². The Morgan fingerprint density at radius 2 is 1.51 bits per heavy atom. The summed E-state index contributed by atoms with van der Waals surface area (Å²) in [6, 6.07) is 16.5. The second-order valence-electron chi connectivity index (χ2n) is 7.09. The molecule has 3 aromatic carbocycles. The van der Waals surface area contributed by atoms with Gasteiger partial charge in [-0.05, 0) is 36.4 Å². The van der Waals surface area contributed by atoms with Crippen LogP contribution >= 0.6 is 11.6 Å². The first-order chi connectivity index (χ1) is 16.7. The molecule has 0 aliphatic carbocycles. The van der Waals surface area contributed by atoms with E-state index in [1.807, 2.05) is 0 Å². The van der Waals surface area contributed by atoms with Gasteiger partial charge in [0.15, 0.2) is 11.5 Å². The van der Waals surface area contributed by atoms with E-state index >= 15 is 0 Å². The third kappa shape index (κ3) is 5.84. The van der Waals surface area contributed by atoms with E-state index in [0.717, 1.165) is 4.31 Å². The number of para-hydroxylation sites is 1. The number of sulfonamides is 1. The van der Waals surface area contributed by atoms with Crippen molar-refractivity contribution in [2.45, 2.75) is 4.90 Å². The molecule has 0 unspecified atom stereocenters. The first kappa shape index (κ1) is 25.9. The summed E-state index contributed by atoms with van der Waals surface area (Å²) < 4.78 is 43.1. The lowest BCUT2D eigenvalue weighted by atomic mass is 10.1. The van der Waals surface area contributed by atoms with Gasteiger partial charge in [0.25, 0.3) is 10.0 Å². The van der Waals surface area contributed by atoms with E-state index in [-0.39, 0.29) is 33.3 Å². The summed E-state index contributed by atoms with van der Waals surface area (Å²) in [4.78, 5) is 25.4. The molecule has 0 atom stereocenters. The van der Waals surface area contributed by atoms with Crippen LogP contribution in [0, 0.1) is 0 Å². The van der Waals surface area contributed by atoms with Crippen LogP contribution in [0.3, 0.4) is 0 Å². The van der Waals surface area contributed by atoms with Crippen molar-refractivity contribution in [1.29, 1.82) is 0 Å². The number of carbonyl (C=O) groups excluding carboxylic acids is 2. The first-order valence-electron chi connectivity index (χ1n) is 10.2. The molecule has 3 rings (SSSR count). The summed E-state index contributed by atoms with van der Waals surface area (Å²) in [7, 11) is -0.141. The lowest BCUT2D eigenvalue weighted by Crippen LogP contribution is -2.38. The molecule has 35 heavy (non-hydrogen) atoms. The van der Waals surface area contributed by atoms with Crippen LogP contribution in [-0.2, 0) is 19.6 Å². The van der Waals surface area contributed by atoms with Crippen molar-refractivity contribution in [2.24, 2.45) is 0 Å². The number of methoxy groups -OCH3 is 3. The minimum atomic E-state index is -4.14. The van der Waals surface area contributed by atoms with Crippen molar-refractivity contribution in [3.63, 3.8) is 0 Å². The largest absolute Gasteiger partial charge is 0.493 e. The fraction of sp³-hybridized carbons (Fsp3) is 0.167. The van der Waals surface area contributed by atoms with Crippen LogP contribution in [0.15, 0.2) is 71.6 Å². The summed E-state index contributed by atoms with van der Waals surface area (Å²) in [6.07, 6.45) is 0. The summed E-state index contributed by atoms with van der Waals surface area (Å²) in [5.74, 6) is -0.926. The number of carbonyl (C=O) groups is 2. The van der Waals surface area contributed by atoms with E-state index in [9.17, 15) is 18.0 Å². The Balaban J connectivity index is 1.99. The van der Waals surface area contributed by atoms with Gasteiger partial charge in [0.1, 0.15) is 6.54 Å². The van der Waals surface area contributed by atoms with E-state index in [2.05, 4.69) is 5.32 Å². The van der Waals surface area contributed by atoms with Crippen LogP contribution in [0.5, 0.6) is 11.5 Å². The SMILES string of the molecule is COC(=O)c1cc(OC)c(OC)cc1NC(=O)CN(c1ccccc1)S(=O)(=O)c1ccc(Cl)cc1. The zero-order valence-corrected chi connectivity index (χ0v) is 20.7. The Morgan fingerprint density at radius 3 is 2.09 bits per heavy atom. The molecule has 0 spiro atoms. The van der Waals surface area contributed by atoms with Gasteiger partial charge in [0, 0.05) is 17.2 Å². The van der Waals surface area contributed by atoms with Crippen LogP contribution in [0.25, 0.3) is 0 Å². The number of halogens is 1. The molecule has 0 saturated carbocycles. The zero-order valence-electron chi connectivity index (χ0n) is 19.1. The maximum absolute atomic E-state index is 13.4. The molecule has 0 aliphatic heterocycles. The molecule has 1 amide bonds. The minimum absolute atomic E-state index is 0.00493. The van der Waals surface area contributed by atoms with Crippen molar-refractivity contribution >= 4 is 44.9 Å². The Labute approximate surface area is 208 Å². The fourth-order valence-corrected chi connectivity index (χ4v) is 4.77. The van der Waals surface area contributed by atoms with Crippen molar-refractivity contribution in [3.8, 4) is 11.5 Å². The summed E-state index contributed by atoms with van der Waals surface area (Å²) in [5, 5.41) is 2.95. The van der Waals surface area contributed by atoms with E-state index in [1.54, 1.807) is 30.3 Å². The van der Waals surface area contributed by atoms with Gasteiger partial charge in [-0.2, -0.15) is 0 Å². The number of nitrogens with one attached hydrogen (secondary N) is 1. The molecule has 9 nitrogen and oxygen atoms in total. The highest BCUT2D eigenvalue weighted by Crippen LogP contribution is 2.34. The quantitative estimate of drug-likeness (QED) is 0.426. The number of ether oxygens (including phenoxy) is 3. The predicted molar refractivity (Wildman–Crippen MR) is 132 cm³/mol. The Bertz CT molecular complexity index is 1310. The summed E-state index contributed by atoms with van der Waals surface area (Å²) >= 11 is 5.90. The molecule has 3 aromatic rings. The van der Waals surface area contributed by atoms with Gasteiger partial charge in [-0.15, -0.1) is 0 Å². The topological polar surface area (TPSA) is 111 Å². The van der Waals surface area contributed by atoms with E-state index in [4.69, 9.17) is 25.8 Å². The van der Waals surface area contributed by atoms with E-state index in [1.165, 1.54) is 57.7 Å². The Kier molecular flexibility index (Phi) is 8.21. The predicted octanol–water partition coefficient (Wildman–Crippen LogP) is 3.98.